The van der Waals surface area contributed by atoms with Crippen LogP contribution in [0.5, 0.6) is 0 Å². The Hall–Kier alpha value is -8.20. The molecule has 0 saturated carbocycles. The minimum absolute atomic E-state index is 0.465. The Morgan fingerprint density at radius 3 is 1.43 bits per heavy atom. The number of rotatable bonds is 7. The Morgan fingerprint density at radius 2 is 0.794 bits per heavy atom. The van der Waals surface area contributed by atoms with Crippen molar-refractivity contribution in [3.63, 3.8) is 0 Å². The average molecular weight is 804 g/mol. The predicted octanol–water partition coefficient (Wildman–Crippen LogP) is 16.3. The second-order valence-electron chi connectivity index (χ2n) is 16.4. The van der Waals surface area contributed by atoms with Crippen LogP contribution in [-0.2, 0) is 5.41 Å². The Labute approximate surface area is 368 Å². The fourth-order valence-electron chi connectivity index (χ4n) is 10.2. The van der Waals surface area contributed by atoms with Crippen LogP contribution in [0.15, 0.2) is 241 Å². The molecule has 12 rings (SSSR count). The molecule has 0 fully saturated rings. The van der Waals surface area contributed by atoms with Crippen LogP contribution in [0.2, 0.25) is 0 Å². The number of hydrogen-bond acceptors (Lipinski definition) is 2. The molecule has 2 nitrogen and oxygen atoms in total. The standard InChI is InChI=1S/C61H41NO/c1-2-13-42(14-3-1)43-28-34-50(35-29-43)62(51-36-30-44(31-37-51)48-17-10-18-49(41-48)59-25-12-40-63-59)52-38-32-45(33-39-52)53-20-11-24-58-60(53)54-19-6-9-23-57(54)61(58)55-21-7-4-15-46(55)26-27-47-16-5-8-22-56(47)61/h1-41H. The highest BCUT2D eigenvalue weighted by atomic mass is 16.3. The molecule has 1 spiro atoms. The topological polar surface area (TPSA) is 16.4 Å². The Balaban J connectivity index is 0.970. The molecule has 1 aromatic heterocycles. The van der Waals surface area contributed by atoms with Crippen molar-refractivity contribution in [3.05, 3.63) is 270 Å². The summed E-state index contributed by atoms with van der Waals surface area (Å²) in [7, 11) is 0. The van der Waals surface area contributed by atoms with Crippen LogP contribution in [0.1, 0.15) is 33.4 Å². The lowest BCUT2D eigenvalue weighted by Gasteiger charge is -2.35. The molecule has 296 valence electrons. The smallest absolute Gasteiger partial charge is 0.133 e. The van der Waals surface area contributed by atoms with Crippen LogP contribution in [0, 0.1) is 0 Å². The number of fused-ring (bicyclic) bond motifs is 9. The molecule has 0 unspecified atom stereocenters. The van der Waals surface area contributed by atoms with Crippen molar-refractivity contribution in [3.8, 4) is 55.8 Å². The molecule has 10 aromatic rings. The maximum Gasteiger partial charge on any atom is 0.133 e. The quantitative estimate of drug-likeness (QED) is 0.160. The minimum Gasteiger partial charge on any atom is -0.464 e. The molecule has 0 amide bonds. The van der Waals surface area contributed by atoms with Crippen LogP contribution >= 0.6 is 0 Å². The summed E-state index contributed by atoms with van der Waals surface area (Å²) in [6.07, 6.45) is 6.31. The van der Waals surface area contributed by atoms with E-state index in [0.717, 1.165) is 39.5 Å². The Morgan fingerprint density at radius 1 is 0.317 bits per heavy atom. The third-order valence-corrected chi connectivity index (χ3v) is 13.0. The Kier molecular flexibility index (Phi) is 8.76. The normalized spacial score (nSPS) is 12.8. The monoisotopic (exact) mass is 803 g/mol. The molecule has 2 heteroatoms. The zero-order chi connectivity index (χ0) is 41.7. The zero-order valence-corrected chi connectivity index (χ0v) is 34.5. The molecule has 63 heavy (non-hydrogen) atoms. The summed E-state index contributed by atoms with van der Waals surface area (Å²) in [5.41, 5.74) is 21.3. The number of benzene rings is 9. The lowest BCUT2D eigenvalue weighted by molar-refractivity contribution is 0.582. The van der Waals surface area contributed by atoms with Gasteiger partial charge in [-0.2, -0.15) is 0 Å². The highest BCUT2D eigenvalue weighted by Gasteiger charge is 2.49. The third kappa shape index (κ3) is 6.02. The second-order valence-corrected chi connectivity index (χ2v) is 16.4. The van der Waals surface area contributed by atoms with Crippen molar-refractivity contribution >= 4 is 29.2 Å². The predicted molar refractivity (Wildman–Crippen MR) is 261 cm³/mol. The van der Waals surface area contributed by atoms with Gasteiger partial charge in [-0.15, -0.1) is 0 Å². The van der Waals surface area contributed by atoms with Crippen LogP contribution in [0.25, 0.3) is 68.0 Å². The maximum atomic E-state index is 5.72. The summed E-state index contributed by atoms with van der Waals surface area (Å²) in [6.45, 7) is 0. The zero-order valence-electron chi connectivity index (χ0n) is 34.5. The van der Waals surface area contributed by atoms with Crippen molar-refractivity contribution < 1.29 is 4.42 Å². The summed E-state index contributed by atoms with van der Waals surface area (Å²) < 4.78 is 5.72. The van der Waals surface area contributed by atoms with Crippen LogP contribution < -0.4 is 4.90 Å². The van der Waals surface area contributed by atoms with Crippen LogP contribution in [-0.4, -0.2) is 0 Å². The van der Waals surface area contributed by atoms with E-state index in [9.17, 15) is 0 Å². The van der Waals surface area contributed by atoms with E-state index in [1.165, 1.54) is 66.8 Å². The summed E-state index contributed by atoms with van der Waals surface area (Å²) in [5, 5.41) is 0. The van der Waals surface area contributed by atoms with Gasteiger partial charge in [-0.05, 0) is 132 Å². The number of nitrogens with zero attached hydrogens (tertiary/aromatic N) is 1. The first kappa shape index (κ1) is 36.6. The van der Waals surface area contributed by atoms with E-state index in [2.05, 4.69) is 235 Å². The van der Waals surface area contributed by atoms with Gasteiger partial charge in [0.25, 0.3) is 0 Å². The summed E-state index contributed by atoms with van der Waals surface area (Å²) >= 11 is 0. The first-order chi connectivity index (χ1) is 31.2. The second kappa shape index (κ2) is 15.1. The van der Waals surface area contributed by atoms with E-state index < -0.39 is 5.41 Å². The first-order valence-corrected chi connectivity index (χ1v) is 21.6. The number of hydrogen-bond donors (Lipinski definition) is 0. The largest absolute Gasteiger partial charge is 0.464 e. The van der Waals surface area contributed by atoms with Gasteiger partial charge < -0.3 is 9.32 Å². The lowest BCUT2D eigenvalue weighted by atomic mass is 9.66. The highest BCUT2D eigenvalue weighted by Crippen LogP contribution is 2.60. The molecular weight excluding hydrogens is 763 g/mol. The van der Waals surface area contributed by atoms with Crippen molar-refractivity contribution in [2.24, 2.45) is 0 Å². The molecule has 0 atom stereocenters. The number of furan rings is 1. The maximum absolute atomic E-state index is 5.72. The van der Waals surface area contributed by atoms with Crippen LogP contribution in [0.4, 0.5) is 17.1 Å². The lowest BCUT2D eigenvalue weighted by Crippen LogP contribution is -2.29. The fraction of sp³-hybridized carbons (Fsp3) is 0.0164. The summed E-state index contributed by atoms with van der Waals surface area (Å²) in [4.78, 5) is 2.35. The van der Waals surface area contributed by atoms with Gasteiger partial charge in [0, 0.05) is 22.6 Å². The molecule has 9 aromatic carbocycles. The molecule has 0 aliphatic heterocycles. The van der Waals surface area contributed by atoms with Gasteiger partial charge in [0.2, 0.25) is 0 Å². The molecule has 0 bridgehead atoms. The van der Waals surface area contributed by atoms with E-state index in [1.54, 1.807) is 6.26 Å². The Bertz CT molecular complexity index is 3250. The van der Waals surface area contributed by atoms with Crippen LogP contribution in [0.3, 0.4) is 0 Å². The molecule has 0 N–H and O–H groups in total. The van der Waals surface area contributed by atoms with Gasteiger partial charge in [0.15, 0.2) is 0 Å². The average Bonchev–Trinajstić information content (AvgIpc) is 3.97. The van der Waals surface area contributed by atoms with Gasteiger partial charge in [-0.3, -0.25) is 0 Å². The van der Waals surface area contributed by atoms with Gasteiger partial charge in [0.05, 0.1) is 11.7 Å². The van der Waals surface area contributed by atoms with Crippen molar-refractivity contribution in [2.45, 2.75) is 5.41 Å². The molecule has 2 aliphatic carbocycles. The van der Waals surface area contributed by atoms with Crippen molar-refractivity contribution in [1.82, 2.24) is 0 Å². The van der Waals surface area contributed by atoms with Crippen molar-refractivity contribution in [1.29, 1.82) is 0 Å². The van der Waals surface area contributed by atoms with E-state index >= 15 is 0 Å². The van der Waals surface area contributed by atoms with E-state index in [0.29, 0.717) is 0 Å². The molecular formula is C61H41NO. The van der Waals surface area contributed by atoms with Gasteiger partial charge >= 0.3 is 0 Å². The van der Waals surface area contributed by atoms with E-state index in [4.69, 9.17) is 4.42 Å². The molecule has 2 aliphatic rings. The fourth-order valence-corrected chi connectivity index (χ4v) is 10.2. The summed E-state index contributed by atoms with van der Waals surface area (Å²) in [6, 6.07) is 83.9. The van der Waals surface area contributed by atoms with Gasteiger partial charge in [-0.25, -0.2) is 0 Å². The SMILES string of the molecule is C1=Cc2ccccc2C2(c3ccccc31)c1ccccc1-c1c(-c3ccc(N(c4ccc(-c5ccccc5)cc4)c4ccc(-c5cccc(-c6ccco6)c5)cc4)cc3)cccc12. The minimum atomic E-state index is -0.465. The van der Waals surface area contributed by atoms with Gasteiger partial charge in [-0.1, -0.05) is 188 Å². The molecule has 0 saturated heterocycles. The van der Waals surface area contributed by atoms with Crippen molar-refractivity contribution in [2.75, 3.05) is 4.90 Å². The third-order valence-electron chi connectivity index (χ3n) is 13.0. The van der Waals surface area contributed by atoms with E-state index in [-0.39, 0.29) is 0 Å². The number of anilines is 3. The summed E-state index contributed by atoms with van der Waals surface area (Å²) in [5.74, 6) is 0.864. The first-order valence-electron chi connectivity index (χ1n) is 21.6. The highest BCUT2D eigenvalue weighted by molar-refractivity contribution is 5.98. The molecule has 0 radical (unpaired) electrons. The molecule has 1 heterocycles. The van der Waals surface area contributed by atoms with E-state index in [1.807, 2.05) is 12.1 Å². The van der Waals surface area contributed by atoms with Gasteiger partial charge in [0.1, 0.15) is 5.76 Å².